The van der Waals surface area contributed by atoms with Gasteiger partial charge >= 0.3 is 0 Å². The third-order valence-corrected chi connectivity index (χ3v) is 4.41. The van der Waals surface area contributed by atoms with Gasteiger partial charge in [0.05, 0.1) is 6.04 Å². The molecule has 1 amide bonds. The van der Waals surface area contributed by atoms with E-state index >= 15 is 0 Å². The van der Waals surface area contributed by atoms with Gasteiger partial charge in [-0.25, -0.2) is 0 Å². The van der Waals surface area contributed by atoms with Crippen molar-refractivity contribution in [2.75, 3.05) is 6.54 Å². The second-order valence-corrected chi connectivity index (χ2v) is 5.56. The third-order valence-electron chi connectivity index (χ3n) is 3.43. The Labute approximate surface area is 114 Å². The number of carbonyl (C=O) groups excluding carboxylic acids is 1. The van der Waals surface area contributed by atoms with Crippen LogP contribution in [-0.2, 0) is 0 Å². The second kappa shape index (κ2) is 5.01. The summed E-state index contributed by atoms with van der Waals surface area (Å²) in [4.78, 5) is 29.8. The van der Waals surface area contributed by atoms with Gasteiger partial charge in [-0.3, -0.25) is 9.59 Å². The van der Waals surface area contributed by atoms with Crippen LogP contribution in [-0.4, -0.2) is 22.3 Å². The predicted molar refractivity (Wildman–Crippen MR) is 74.4 cm³/mol. The first-order chi connectivity index (χ1) is 9.27. The molecular weight excluding hydrogens is 260 g/mol. The first-order valence-electron chi connectivity index (χ1n) is 6.29. The van der Waals surface area contributed by atoms with Gasteiger partial charge in [0.1, 0.15) is 5.56 Å². The van der Waals surface area contributed by atoms with Crippen LogP contribution >= 0.6 is 11.3 Å². The molecule has 1 unspecified atom stereocenters. The van der Waals surface area contributed by atoms with Gasteiger partial charge in [0.15, 0.2) is 0 Å². The van der Waals surface area contributed by atoms with Crippen molar-refractivity contribution in [3.8, 4) is 0 Å². The van der Waals surface area contributed by atoms with Gasteiger partial charge in [0.2, 0.25) is 0 Å². The molecule has 1 N–H and O–H groups in total. The molecule has 0 aromatic carbocycles. The Kier molecular flexibility index (Phi) is 3.21. The van der Waals surface area contributed by atoms with E-state index in [4.69, 9.17) is 0 Å². The van der Waals surface area contributed by atoms with Crippen molar-refractivity contribution in [3.63, 3.8) is 0 Å². The molecule has 0 spiro atoms. The molecule has 0 saturated carbocycles. The van der Waals surface area contributed by atoms with Gasteiger partial charge in [-0.2, -0.15) is 0 Å². The lowest BCUT2D eigenvalue weighted by molar-refractivity contribution is 0.0736. The molecule has 0 aliphatic carbocycles. The Bertz CT molecular complexity index is 633. The summed E-state index contributed by atoms with van der Waals surface area (Å²) in [6.45, 7) is 0.718. The summed E-state index contributed by atoms with van der Waals surface area (Å²) in [6.07, 6.45) is 3.50. The maximum Gasteiger partial charge on any atom is 0.260 e. The Hall–Kier alpha value is -1.88. The minimum absolute atomic E-state index is 0.118. The highest BCUT2D eigenvalue weighted by molar-refractivity contribution is 7.10. The molecule has 0 bridgehead atoms. The minimum atomic E-state index is -0.315. The van der Waals surface area contributed by atoms with E-state index < -0.39 is 0 Å². The number of aromatic amines is 1. The van der Waals surface area contributed by atoms with Gasteiger partial charge in [-0.1, -0.05) is 6.07 Å². The molecule has 1 aliphatic rings. The summed E-state index contributed by atoms with van der Waals surface area (Å²) >= 11 is 1.66. The summed E-state index contributed by atoms with van der Waals surface area (Å²) < 4.78 is 0. The predicted octanol–water partition coefficient (Wildman–Crippen LogP) is 2.41. The van der Waals surface area contributed by atoms with Crippen molar-refractivity contribution in [2.45, 2.75) is 18.9 Å². The topological polar surface area (TPSA) is 53.2 Å². The van der Waals surface area contributed by atoms with Gasteiger partial charge in [0.25, 0.3) is 11.5 Å². The number of hydrogen-bond donors (Lipinski definition) is 1. The molecule has 2 aromatic heterocycles. The smallest absolute Gasteiger partial charge is 0.260 e. The standard InChI is InChI=1S/C14H14N2O2S/c17-13-10(4-1-7-15-13)14(18)16-8-2-5-11(16)12-6-3-9-19-12/h1,3-4,6-7,9,11H,2,5,8H2,(H,15,17). The number of pyridine rings is 1. The summed E-state index contributed by atoms with van der Waals surface area (Å²) in [5.74, 6) is -0.169. The van der Waals surface area contributed by atoms with E-state index in [1.54, 1.807) is 29.7 Å². The number of nitrogens with zero attached hydrogens (tertiary/aromatic N) is 1. The fraction of sp³-hybridized carbons (Fsp3) is 0.286. The zero-order valence-electron chi connectivity index (χ0n) is 10.3. The molecule has 3 rings (SSSR count). The summed E-state index contributed by atoms with van der Waals surface area (Å²) in [5.41, 5.74) is -0.0877. The number of amides is 1. The third kappa shape index (κ3) is 2.21. The lowest BCUT2D eigenvalue weighted by atomic mass is 10.1. The Morgan fingerprint density at radius 2 is 2.26 bits per heavy atom. The van der Waals surface area contributed by atoms with Crippen LogP contribution in [0.3, 0.4) is 0 Å². The van der Waals surface area contributed by atoms with Crippen LogP contribution in [0.1, 0.15) is 34.1 Å². The highest BCUT2D eigenvalue weighted by Crippen LogP contribution is 2.35. The number of hydrogen-bond acceptors (Lipinski definition) is 3. The summed E-state index contributed by atoms with van der Waals surface area (Å²) in [6, 6.07) is 7.44. The number of aromatic nitrogens is 1. The molecule has 1 fully saturated rings. The van der Waals surface area contributed by atoms with Crippen molar-refractivity contribution in [1.29, 1.82) is 0 Å². The number of rotatable bonds is 2. The Balaban J connectivity index is 1.91. The summed E-state index contributed by atoms with van der Waals surface area (Å²) in [5, 5.41) is 2.02. The lowest BCUT2D eigenvalue weighted by Gasteiger charge is -2.23. The monoisotopic (exact) mass is 274 g/mol. The lowest BCUT2D eigenvalue weighted by Crippen LogP contribution is -2.34. The van der Waals surface area contributed by atoms with Gasteiger partial charge in [-0.05, 0) is 36.4 Å². The van der Waals surface area contributed by atoms with Crippen molar-refractivity contribution >= 4 is 17.2 Å². The van der Waals surface area contributed by atoms with Crippen LogP contribution in [0, 0.1) is 0 Å². The minimum Gasteiger partial charge on any atom is -0.331 e. The molecule has 98 valence electrons. The van der Waals surface area contributed by atoms with E-state index in [1.165, 1.54) is 4.88 Å². The van der Waals surface area contributed by atoms with Crippen molar-refractivity contribution in [1.82, 2.24) is 9.88 Å². The van der Waals surface area contributed by atoms with E-state index in [1.807, 2.05) is 16.3 Å². The molecular formula is C14H14N2O2S. The van der Waals surface area contributed by atoms with Gasteiger partial charge < -0.3 is 9.88 Å². The number of nitrogens with one attached hydrogen (secondary N) is 1. The highest BCUT2D eigenvalue weighted by Gasteiger charge is 2.31. The van der Waals surface area contributed by atoms with Crippen LogP contribution in [0.2, 0.25) is 0 Å². The van der Waals surface area contributed by atoms with E-state index in [0.29, 0.717) is 0 Å². The van der Waals surface area contributed by atoms with E-state index in [0.717, 1.165) is 19.4 Å². The normalized spacial score (nSPS) is 18.7. The fourth-order valence-corrected chi connectivity index (χ4v) is 3.40. The maximum atomic E-state index is 12.5. The van der Waals surface area contributed by atoms with Crippen molar-refractivity contribution in [2.24, 2.45) is 0 Å². The number of carbonyl (C=O) groups is 1. The second-order valence-electron chi connectivity index (χ2n) is 4.58. The molecule has 1 saturated heterocycles. The maximum absolute atomic E-state index is 12.5. The first kappa shape index (κ1) is 12.2. The van der Waals surface area contributed by atoms with Crippen LogP contribution in [0.25, 0.3) is 0 Å². The first-order valence-corrected chi connectivity index (χ1v) is 7.17. The molecule has 1 aliphatic heterocycles. The molecule has 5 heteroatoms. The van der Waals surface area contributed by atoms with Gasteiger partial charge in [-0.15, -0.1) is 11.3 Å². The Morgan fingerprint density at radius 3 is 3.00 bits per heavy atom. The van der Waals surface area contributed by atoms with Crippen molar-refractivity contribution in [3.05, 3.63) is 56.6 Å². The van der Waals surface area contributed by atoms with E-state index in [9.17, 15) is 9.59 Å². The number of thiophene rings is 1. The highest BCUT2D eigenvalue weighted by atomic mass is 32.1. The number of likely N-dealkylation sites (tertiary alicyclic amines) is 1. The van der Waals surface area contributed by atoms with Gasteiger partial charge in [0, 0.05) is 17.6 Å². The zero-order chi connectivity index (χ0) is 13.2. The molecule has 4 nitrogen and oxygen atoms in total. The van der Waals surface area contributed by atoms with E-state index in [-0.39, 0.29) is 23.1 Å². The number of H-pyrrole nitrogens is 1. The molecule has 1 atom stereocenters. The fourth-order valence-electron chi connectivity index (χ4n) is 2.53. The average Bonchev–Trinajstić information content (AvgIpc) is 3.09. The largest absolute Gasteiger partial charge is 0.331 e. The van der Waals surface area contributed by atoms with E-state index in [2.05, 4.69) is 11.1 Å². The van der Waals surface area contributed by atoms with Crippen LogP contribution in [0.5, 0.6) is 0 Å². The molecule has 0 radical (unpaired) electrons. The van der Waals surface area contributed by atoms with Crippen molar-refractivity contribution < 1.29 is 4.79 Å². The zero-order valence-corrected chi connectivity index (χ0v) is 11.2. The van der Waals surface area contributed by atoms with Crippen LogP contribution in [0.15, 0.2) is 40.6 Å². The molecule has 3 heterocycles. The van der Waals surface area contributed by atoms with Crippen LogP contribution < -0.4 is 5.56 Å². The average molecular weight is 274 g/mol. The Morgan fingerprint density at radius 1 is 1.37 bits per heavy atom. The summed E-state index contributed by atoms with van der Waals surface area (Å²) in [7, 11) is 0. The SMILES string of the molecule is O=C(c1ccc[nH]c1=O)N1CCCC1c1cccs1. The molecule has 19 heavy (non-hydrogen) atoms. The quantitative estimate of drug-likeness (QED) is 0.914. The molecule has 2 aromatic rings. The van der Waals surface area contributed by atoms with Crippen LogP contribution in [0.4, 0.5) is 0 Å².